The van der Waals surface area contributed by atoms with Gasteiger partial charge in [0.15, 0.2) is 0 Å². The standard InChI is InChI=1S/C12H14INO4/c13-10-2-4-11(5-3-10)17-8-9-18-12(16)14-6-1-7-15/h2-5,7H,1,6,8-9H2,(H,14,16). The summed E-state index contributed by atoms with van der Waals surface area (Å²) in [4.78, 5) is 21.1. The van der Waals surface area contributed by atoms with Gasteiger partial charge in [0.25, 0.3) is 0 Å². The summed E-state index contributed by atoms with van der Waals surface area (Å²) in [5.74, 6) is 0.736. The third-order valence-electron chi connectivity index (χ3n) is 1.93. The Balaban J connectivity index is 2.09. The van der Waals surface area contributed by atoms with Crippen molar-refractivity contribution in [1.82, 2.24) is 5.32 Å². The molecule has 0 atom stereocenters. The van der Waals surface area contributed by atoms with E-state index in [2.05, 4.69) is 27.9 Å². The minimum Gasteiger partial charge on any atom is -0.490 e. The molecule has 0 radical (unpaired) electrons. The molecule has 0 aliphatic rings. The average Bonchev–Trinajstić information content (AvgIpc) is 2.37. The van der Waals surface area contributed by atoms with E-state index in [1.807, 2.05) is 24.3 Å². The van der Waals surface area contributed by atoms with Gasteiger partial charge in [0.1, 0.15) is 25.2 Å². The van der Waals surface area contributed by atoms with E-state index in [1.165, 1.54) is 0 Å². The van der Waals surface area contributed by atoms with Crippen molar-refractivity contribution >= 4 is 35.0 Å². The molecule has 18 heavy (non-hydrogen) atoms. The van der Waals surface area contributed by atoms with Gasteiger partial charge in [0.05, 0.1) is 0 Å². The highest BCUT2D eigenvalue weighted by atomic mass is 127. The molecule has 0 saturated carbocycles. The minimum absolute atomic E-state index is 0.166. The van der Waals surface area contributed by atoms with Crippen LogP contribution in [0.15, 0.2) is 24.3 Å². The largest absolute Gasteiger partial charge is 0.490 e. The fraction of sp³-hybridized carbons (Fsp3) is 0.333. The first-order chi connectivity index (χ1) is 8.72. The number of halogens is 1. The summed E-state index contributed by atoms with van der Waals surface area (Å²) in [7, 11) is 0. The van der Waals surface area contributed by atoms with Crippen molar-refractivity contribution in [2.24, 2.45) is 0 Å². The number of benzene rings is 1. The van der Waals surface area contributed by atoms with Gasteiger partial charge in [-0.2, -0.15) is 0 Å². The van der Waals surface area contributed by atoms with Gasteiger partial charge >= 0.3 is 6.09 Å². The van der Waals surface area contributed by atoms with Gasteiger partial charge in [-0.1, -0.05) is 0 Å². The number of rotatable bonds is 7. The number of aldehydes is 1. The summed E-state index contributed by atoms with van der Waals surface area (Å²) in [6.45, 7) is 0.751. The maximum atomic E-state index is 11.1. The molecule has 0 bridgehead atoms. The van der Waals surface area contributed by atoms with Crippen LogP contribution in [-0.2, 0) is 9.53 Å². The van der Waals surface area contributed by atoms with Gasteiger partial charge in [0, 0.05) is 16.5 Å². The first-order valence-corrected chi connectivity index (χ1v) is 6.53. The lowest BCUT2D eigenvalue weighted by Gasteiger charge is -2.07. The van der Waals surface area contributed by atoms with Gasteiger partial charge in [-0.3, -0.25) is 0 Å². The van der Waals surface area contributed by atoms with Crippen LogP contribution in [0, 0.1) is 3.57 Å². The molecule has 5 nitrogen and oxygen atoms in total. The number of amides is 1. The molecule has 1 aromatic carbocycles. The molecule has 98 valence electrons. The van der Waals surface area contributed by atoms with E-state index >= 15 is 0 Å². The van der Waals surface area contributed by atoms with E-state index < -0.39 is 6.09 Å². The van der Waals surface area contributed by atoms with E-state index in [9.17, 15) is 9.59 Å². The van der Waals surface area contributed by atoms with Gasteiger partial charge in [0.2, 0.25) is 0 Å². The summed E-state index contributed by atoms with van der Waals surface area (Å²) in [5.41, 5.74) is 0. The number of carbonyl (C=O) groups excluding carboxylic acids is 2. The second kappa shape index (κ2) is 8.73. The van der Waals surface area contributed by atoms with Gasteiger partial charge < -0.3 is 19.6 Å². The molecule has 0 fully saturated rings. The van der Waals surface area contributed by atoms with Crippen LogP contribution >= 0.6 is 22.6 Å². The maximum Gasteiger partial charge on any atom is 0.407 e. The fourth-order valence-corrected chi connectivity index (χ4v) is 1.47. The molecule has 0 aromatic heterocycles. The normalized spacial score (nSPS) is 9.61. The number of hydrogen-bond donors (Lipinski definition) is 1. The van der Waals surface area contributed by atoms with Crippen LogP contribution in [0.1, 0.15) is 6.42 Å². The van der Waals surface area contributed by atoms with Crippen LogP contribution in [0.5, 0.6) is 5.75 Å². The van der Waals surface area contributed by atoms with Crippen molar-refractivity contribution in [1.29, 1.82) is 0 Å². The van der Waals surface area contributed by atoms with Crippen LogP contribution in [-0.4, -0.2) is 32.1 Å². The first-order valence-electron chi connectivity index (χ1n) is 5.45. The topological polar surface area (TPSA) is 64.6 Å². The molecule has 6 heteroatoms. The van der Waals surface area contributed by atoms with E-state index in [0.717, 1.165) is 15.6 Å². The lowest BCUT2D eigenvalue weighted by molar-refractivity contribution is -0.107. The monoisotopic (exact) mass is 363 g/mol. The maximum absolute atomic E-state index is 11.1. The number of hydrogen-bond acceptors (Lipinski definition) is 4. The van der Waals surface area contributed by atoms with Crippen molar-refractivity contribution in [2.45, 2.75) is 6.42 Å². The van der Waals surface area contributed by atoms with Crippen molar-refractivity contribution < 1.29 is 19.1 Å². The number of nitrogens with one attached hydrogen (secondary N) is 1. The summed E-state index contributed by atoms with van der Waals surface area (Å²) in [6.07, 6.45) is 0.483. The minimum atomic E-state index is -0.539. The lowest BCUT2D eigenvalue weighted by Crippen LogP contribution is -2.27. The molecule has 1 aromatic rings. The Labute approximate surface area is 119 Å². The lowest BCUT2D eigenvalue weighted by atomic mass is 10.3. The zero-order valence-corrected chi connectivity index (χ0v) is 11.9. The summed E-state index contributed by atoms with van der Waals surface area (Å²) in [6, 6.07) is 7.57. The van der Waals surface area contributed by atoms with E-state index in [4.69, 9.17) is 9.47 Å². The van der Waals surface area contributed by atoms with Gasteiger partial charge in [-0.15, -0.1) is 0 Å². The zero-order chi connectivity index (χ0) is 13.2. The molecule has 0 saturated heterocycles. The molecular formula is C12H14INO4. The van der Waals surface area contributed by atoms with Gasteiger partial charge in [-0.25, -0.2) is 4.79 Å². The molecule has 0 heterocycles. The van der Waals surface area contributed by atoms with Crippen molar-refractivity contribution in [3.05, 3.63) is 27.8 Å². The van der Waals surface area contributed by atoms with Crippen molar-refractivity contribution in [3.8, 4) is 5.75 Å². The van der Waals surface area contributed by atoms with Crippen LogP contribution < -0.4 is 10.1 Å². The second-order valence-electron chi connectivity index (χ2n) is 3.32. The van der Waals surface area contributed by atoms with Crippen molar-refractivity contribution in [3.63, 3.8) is 0 Å². The predicted molar refractivity (Wildman–Crippen MR) is 74.7 cm³/mol. The number of carbonyl (C=O) groups is 2. The van der Waals surface area contributed by atoms with E-state index in [0.29, 0.717) is 13.2 Å². The third kappa shape index (κ3) is 6.43. The highest BCUT2D eigenvalue weighted by Gasteiger charge is 2.00. The Kier molecular flexibility index (Phi) is 7.16. The van der Waals surface area contributed by atoms with Gasteiger partial charge in [-0.05, 0) is 46.9 Å². The molecular weight excluding hydrogens is 349 g/mol. The Bertz CT molecular complexity index is 380. The molecule has 1 amide bonds. The van der Waals surface area contributed by atoms with Crippen LogP contribution in [0.4, 0.5) is 4.79 Å². The quantitative estimate of drug-likeness (QED) is 0.457. The van der Waals surface area contributed by atoms with E-state index in [-0.39, 0.29) is 13.0 Å². The summed E-state index contributed by atoms with van der Waals surface area (Å²) >= 11 is 2.21. The highest BCUT2D eigenvalue weighted by Crippen LogP contribution is 2.13. The smallest absolute Gasteiger partial charge is 0.407 e. The SMILES string of the molecule is O=CCCNC(=O)OCCOc1ccc(I)cc1. The summed E-state index contributed by atoms with van der Waals surface area (Å²) < 4.78 is 11.3. The molecule has 0 aliphatic heterocycles. The third-order valence-corrected chi connectivity index (χ3v) is 2.65. The molecule has 0 spiro atoms. The highest BCUT2D eigenvalue weighted by molar-refractivity contribution is 14.1. The summed E-state index contributed by atoms with van der Waals surface area (Å²) in [5, 5.41) is 2.44. The van der Waals surface area contributed by atoms with Crippen molar-refractivity contribution in [2.75, 3.05) is 19.8 Å². The zero-order valence-electron chi connectivity index (χ0n) is 9.73. The Morgan fingerprint density at radius 1 is 1.28 bits per heavy atom. The molecule has 1 N–H and O–H groups in total. The second-order valence-corrected chi connectivity index (χ2v) is 4.57. The predicted octanol–water partition coefficient (Wildman–Crippen LogP) is 1.99. The van der Waals surface area contributed by atoms with Crippen LogP contribution in [0.3, 0.4) is 0 Å². The average molecular weight is 363 g/mol. The number of ether oxygens (including phenoxy) is 2. The molecule has 0 unspecified atom stereocenters. The van der Waals surface area contributed by atoms with Crippen LogP contribution in [0.2, 0.25) is 0 Å². The Hall–Kier alpha value is -1.31. The first kappa shape index (κ1) is 14.7. The van der Waals surface area contributed by atoms with E-state index in [1.54, 1.807) is 0 Å². The molecule has 0 aliphatic carbocycles. The Morgan fingerprint density at radius 3 is 2.67 bits per heavy atom. The molecule has 1 rings (SSSR count). The van der Waals surface area contributed by atoms with Crippen LogP contribution in [0.25, 0.3) is 0 Å². The Morgan fingerprint density at radius 2 is 2.00 bits per heavy atom. The fourth-order valence-electron chi connectivity index (χ4n) is 1.11. The number of alkyl carbamates (subject to hydrolysis) is 1.